The van der Waals surface area contributed by atoms with Gasteiger partial charge in [0.2, 0.25) is 0 Å². The zero-order valence-electron chi connectivity index (χ0n) is 7.60. The van der Waals surface area contributed by atoms with Gasteiger partial charge in [-0.2, -0.15) is 11.8 Å². The fraction of sp³-hybridized carbons (Fsp3) is 0.444. The van der Waals surface area contributed by atoms with Gasteiger partial charge >= 0.3 is 0 Å². The first-order chi connectivity index (χ1) is 6.24. The lowest BCUT2D eigenvalue weighted by Gasteiger charge is -2.08. The second kappa shape index (κ2) is 5.09. The molecule has 0 spiro atoms. The average molecular weight is 198 g/mol. The van der Waals surface area contributed by atoms with Crippen LogP contribution in [0.25, 0.3) is 0 Å². The van der Waals surface area contributed by atoms with Crippen molar-refractivity contribution in [2.24, 2.45) is 0 Å². The molecule has 1 rings (SSSR count). The van der Waals surface area contributed by atoms with Crippen molar-refractivity contribution in [1.82, 2.24) is 4.98 Å². The summed E-state index contributed by atoms with van der Waals surface area (Å²) in [6.45, 7) is 2.18. The van der Waals surface area contributed by atoms with Crippen molar-refractivity contribution in [3.8, 4) is 0 Å². The third kappa shape index (κ3) is 3.24. The van der Waals surface area contributed by atoms with Crippen molar-refractivity contribution in [2.45, 2.75) is 17.9 Å². The summed E-state index contributed by atoms with van der Waals surface area (Å²) < 4.78 is 0. The molecule has 0 fully saturated rings. The Morgan fingerprint density at radius 3 is 3.08 bits per heavy atom. The molecule has 1 aromatic heterocycles. The van der Waals surface area contributed by atoms with Crippen LogP contribution < -0.4 is 5.73 Å². The van der Waals surface area contributed by atoms with E-state index in [0.29, 0.717) is 5.82 Å². The Bertz CT molecular complexity index is 268. The summed E-state index contributed by atoms with van der Waals surface area (Å²) in [5, 5.41) is 9.06. The van der Waals surface area contributed by atoms with E-state index in [0.717, 1.165) is 11.3 Å². The highest BCUT2D eigenvalue weighted by Crippen LogP contribution is 2.19. The predicted molar refractivity (Wildman–Crippen MR) is 56.5 cm³/mol. The van der Waals surface area contributed by atoms with Crippen molar-refractivity contribution in [3.63, 3.8) is 0 Å². The second-order valence-electron chi connectivity index (χ2n) is 2.85. The van der Waals surface area contributed by atoms with Gasteiger partial charge in [-0.15, -0.1) is 0 Å². The molecule has 1 heterocycles. The number of pyridine rings is 1. The summed E-state index contributed by atoms with van der Waals surface area (Å²) in [5.41, 5.74) is 6.70. The number of anilines is 1. The molecule has 0 aliphatic carbocycles. The quantitative estimate of drug-likeness (QED) is 0.765. The Balaban J connectivity index is 2.50. The van der Waals surface area contributed by atoms with Gasteiger partial charge in [0.25, 0.3) is 0 Å². The zero-order chi connectivity index (χ0) is 9.68. The number of hydrogen-bond donors (Lipinski definition) is 2. The Kier molecular flexibility index (Phi) is 4.05. The number of aromatic nitrogens is 1. The van der Waals surface area contributed by atoms with Crippen molar-refractivity contribution < 1.29 is 5.11 Å². The van der Waals surface area contributed by atoms with Gasteiger partial charge in [0, 0.05) is 22.8 Å². The predicted octanol–water partition coefficient (Wildman–Crippen LogP) is 1.28. The summed E-state index contributed by atoms with van der Waals surface area (Å²) in [5.74, 6) is 1.39. The lowest BCUT2D eigenvalue weighted by molar-refractivity contribution is 0.300. The van der Waals surface area contributed by atoms with E-state index in [1.807, 2.05) is 19.1 Å². The first-order valence-corrected chi connectivity index (χ1v) is 5.20. The lowest BCUT2D eigenvalue weighted by Crippen LogP contribution is -2.03. The minimum atomic E-state index is 0.199. The minimum absolute atomic E-state index is 0.199. The monoisotopic (exact) mass is 198 g/mol. The van der Waals surface area contributed by atoms with Gasteiger partial charge in [-0.1, -0.05) is 13.0 Å². The molecule has 0 saturated carbocycles. The number of nitrogen functional groups attached to an aromatic ring is 1. The lowest BCUT2D eigenvalue weighted by atomic mass is 10.3. The Hall–Kier alpha value is -0.740. The average Bonchev–Trinajstić information content (AvgIpc) is 2.16. The standard InChI is InChI=1S/C9H14N2OS/c1-7(5-12)13-6-8-3-2-4-11-9(8)10/h2-4,7,12H,5-6H2,1H3,(H2,10,11). The van der Waals surface area contributed by atoms with Gasteiger partial charge < -0.3 is 10.8 Å². The molecular weight excluding hydrogens is 184 g/mol. The highest BCUT2D eigenvalue weighted by atomic mass is 32.2. The van der Waals surface area contributed by atoms with Gasteiger partial charge in [0.15, 0.2) is 0 Å². The van der Waals surface area contributed by atoms with E-state index in [2.05, 4.69) is 4.98 Å². The van der Waals surface area contributed by atoms with Crippen LogP contribution in [-0.2, 0) is 5.75 Å². The number of rotatable bonds is 4. The topological polar surface area (TPSA) is 59.1 Å². The molecule has 3 N–H and O–H groups in total. The van der Waals surface area contributed by atoms with Gasteiger partial charge in [-0.05, 0) is 6.07 Å². The molecule has 0 saturated heterocycles. The SMILES string of the molecule is CC(CO)SCc1cccnc1N. The molecule has 1 unspecified atom stereocenters. The molecule has 13 heavy (non-hydrogen) atoms. The Morgan fingerprint density at radius 1 is 1.69 bits per heavy atom. The molecule has 0 aliphatic heterocycles. The van der Waals surface area contributed by atoms with Gasteiger partial charge in [0.1, 0.15) is 5.82 Å². The fourth-order valence-electron chi connectivity index (χ4n) is 0.858. The first kappa shape index (κ1) is 10.3. The van der Waals surface area contributed by atoms with Crippen LogP contribution in [0.15, 0.2) is 18.3 Å². The zero-order valence-corrected chi connectivity index (χ0v) is 8.42. The smallest absolute Gasteiger partial charge is 0.127 e. The van der Waals surface area contributed by atoms with Crippen molar-refractivity contribution >= 4 is 17.6 Å². The molecule has 0 aromatic carbocycles. The maximum absolute atomic E-state index is 8.81. The van der Waals surface area contributed by atoms with E-state index < -0.39 is 0 Å². The summed E-state index contributed by atoms with van der Waals surface area (Å²) in [4.78, 5) is 3.98. The Labute approximate surface area is 82.4 Å². The number of aliphatic hydroxyl groups is 1. The van der Waals surface area contributed by atoms with E-state index in [1.165, 1.54) is 0 Å². The maximum Gasteiger partial charge on any atom is 0.127 e. The van der Waals surface area contributed by atoms with Crippen LogP contribution in [0.1, 0.15) is 12.5 Å². The third-order valence-corrected chi connectivity index (χ3v) is 2.90. The third-order valence-electron chi connectivity index (χ3n) is 1.71. The van der Waals surface area contributed by atoms with Gasteiger partial charge in [0.05, 0.1) is 6.61 Å². The van der Waals surface area contributed by atoms with E-state index in [9.17, 15) is 0 Å². The van der Waals surface area contributed by atoms with Crippen LogP contribution in [0.2, 0.25) is 0 Å². The van der Waals surface area contributed by atoms with Gasteiger partial charge in [-0.3, -0.25) is 0 Å². The molecular formula is C9H14N2OS. The molecule has 4 heteroatoms. The van der Waals surface area contributed by atoms with Crippen molar-refractivity contribution in [1.29, 1.82) is 0 Å². The first-order valence-electron chi connectivity index (χ1n) is 4.16. The number of nitrogens with two attached hydrogens (primary N) is 1. The van der Waals surface area contributed by atoms with E-state index in [4.69, 9.17) is 10.8 Å². The summed E-state index contributed by atoms with van der Waals surface area (Å²) in [6.07, 6.45) is 1.68. The Morgan fingerprint density at radius 2 is 2.46 bits per heavy atom. The van der Waals surface area contributed by atoms with E-state index >= 15 is 0 Å². The van der Waals surface area contributed by atoms with Crippen LogP contribution in [-0.4, -0.2) is 21.9 Å². The normalized spacial score (nSPS) is 12.8. The summed E-state index contributed by atoms with van der Waals surface area (Å²) >= 11 is 1.67. The molecule has 1 aromatic rings. The highest BCUT2D eigenvalue weighted by Gasteiger charge is 2.03. The van der Waals surface area contributed by atoms with Crippen LogP contribution in [0.3, 0.4) is 0 Å². The van der Waals surface area contributed by atoms with Crippen LogP contribution in [0.4, 0.5) is 5.82 Å². The van der Waals surface area contributed by atoms with Crippen LogP contribution in [0.5, 0.6) is 0 Å². The summed E-state index contributed by atoms with van der Waals surface area (Å²) in [7, 11) is 0. The van der Waals surface area contributed by atoms with E-state index in [1.54, 1.807) is 18.0 Å². The maximum atomic E-state index is 8.81. The summed E-state index contributed by atoms with van der Waals surface area (Å²) in [6, 6.07) is 3.83. The fourth-order valence-corrected chi connectivity index (χ4v) is 1.67. The molecule has 0 amide bonds. The molecule has 0 bridgehead atoms. The molecule has 72 valence electrons. The second-order valence-corrected chi connectivity index (χ2v) is 4.28. The molecule has 3 nitrogen and oxygen atoms in total. The largest absolute Gasteiger partial charge is 0.395 e. The van der Waals surface area contributed by atoms with Crippen molar-refractivity contribution in [2.75, 3.05) is 12.3 Å². The highest BCUT2D eigenvalue weighted by molar-refractivity contribution is 7.99. The van der Waals surface area contributed by atoms with Crippen LogP contribution in [0, 0.1) is 0 Å². The van der Waals surface area contributed by atoms with Crippen LogP contribution >= 0.6 is 11.8 Å². The number of thioether (sulfide) groups is 1. The number of nitrogens with zero attached hydrogens (tertiary/aromatic N) is 1. The molecule has 0 radical (unpaired) electrons. The minimum Gasteiger partial charge on any atom is -0.395 e. The van der Waals surface area contributed by atoms with Crippen molar-refractivity contribution in [3.05, 3.63) is 23.9 Å². The molecule has 1 atom stereocenters. The van der Waals surface area contributed by atoms with Gasteiger partial charge in [-0.25, -0.2) is 4.98 Å². The number of aliphatic hydroxyl groups excluding tert-OH is 1. The molecule has 0 aliphatic rings. The number of hydrogen-bond acceptors (Lipinski definition) is 4. The van der Waals surface area contributed by atoms with E-state index in [-0.39, 0.29) is 11.9 Å².